The van der Waals surface area contributed by atoms with E-state index >= 15 is 0 Å². The van der Waals surface area contributed by atoms with Gasteiger partial charge in [-0.25, -0.2) is 0 Å². The van der Waals surface area contributed by atoms with E-state index in [1.807, 2.05) is 6.26 Å². The van der Waals surface area contributed by atoms with Crippen molar-refractivity contribution < 1.29 is 39.6 Å². The van der Waals surface area contributed by atoms with Crippen molar-refractivity contribution in [1.82, 2.24) is 5.32 Å². The first-order valence-corrected chi connectivity index (χ1v) is 16.1. The number of nitrogens with one attached hydrogen (secondary N) is 1. The number of alkyl halides is 2. The van der Waals surface area contributed by atoms with Gasteiger partial charge in [-0.15, -0.1) is 0 Å². The van der Waals surface area contributed by atoms with Crippen LogP contribution in [0.3, 0.4) is 0 Å². The van der Waals surface area contributed by atoms with Crippen molar-refractivity contribution in [2.45, 2.75) is 53.9 Å². The molecule has 0 heterocycles. The molecule has 0 radical (unpaired) electrons. The summed E-state index contributed by atoms with van der Waals surface area (Å²) < 4.78 is 25.0. The maximum absolute atomic E-state index is 13.0. The second-order valence-corrected chi connectivity index (χ2v) is 13.5. The van der Waals surface area contributed by atoms with Crippen LogP contribution in [0.2, 0.25) is 0 Å². The molecule has 3 atom stereocenters. The first-order valence-electron chi connectivity index (χ1n) is 10.1. The Morgan fingerprint density at radius 3 is 2.52 bits per heavy atom. The van der Waals surface area contributed by atoms with Crippen molar-refractivity contribution >= 4 is 30.4 Å². The van der Waals surface area contributed by atoms with Gasteiger partial charge in [0.25, 0.3) is 0 Å². The van der Waals surface area contributed by atoms with Gasteiger partial charge in [0.2, 0.25) is 0 Å². The zero-order valence-electron chi connectivity index (χ0n) is 19.0. The topological polar surface area (TPSA) is 77.0 Å². The number of nitrogens with zero attached hydrogens (tertiary/aromatic N) is 1. The van der Waals surface area contributed by atoms with Crippen molar-refractivity contribution in [2.24, 2.45) is 16.8 Å². The summed E-state index contributed by atoms with van der Waals surface area (Å²) in [7, 11) is -1.90. The quantitative estimate of drug-likeness (QED) is 0.0670. The number of thioether (sulfide) groups is 1. The molecule has 0 saturated heterocycles. The molecule has 0 spiro atoms. The summed E-state index contributed by atoms with van der Waals surface area (Å²) in [4.78, 5) is 17.3. The van der Waals surface area contributed by atoms with E-state index in [-0.39, 0.29) is 45.9 Å². The number of aliphatic imine (C=N–C) groups is 1. The second-order valence-electron chi connectivity index (χ2n) is 6.89. The van der Waals surface area contributed by atoms with Crippen molar-refractivity contribution in [3.8, 4) is 0 Å². The minimum atomic E-state index is -3.25. The molecule has 172 valence electrons. The van der Waals surface area contributed by atoms with E-state index in [1.54, 1.807) is 6.92 Å². The Morgan fingerprint density at radius 1 is 1.31 bits per heavy atom. The molecule has 0 aromatic rings. The molecule has 1 N–H and O–H groups in total. The number of carbonyl (C=O) groups excluding carboxylic acids is 1. The number of rotatable bonds is 14. The normalized spacial score (nSPS) is 16.2. The molecular formula is C20H39IN2O4PS-. The maximum atomic E-state index is 13.0. The molecule has 1 amide bonds. The summed E-state index contributed by atoms with van der Waals surface area (Å²) in [6, 6.07) is 0. The van der Waals surface area contributed by atoms with Gasteiger partial charge in [-0.3, -0.25) is 0 Å². The van der Waals surface area contributed by atoms with E-state index in [0.29, 0.717) is 11.1 Å². The zero-order chi connectivity index (χ0) is 22.3. The average Bonchev–Trinajstić information content (AvgIpc) is 2.68. The SMILES string of the molecule is CCOP(=O)(CN=C(NC(=O)[C@@H](CC[I-]CC)[C@@H](C)CCC=C(C)C)SC)OC. The van der Waals surface area contributed by atoms with E-state index < -0.39 is 7.60 Å². The predicted molar refractivity (Wildman–Crippen MR) is 122 cm³/mol. The van der Waals surface area contributed by atoms with Crippen LogP contribution in [-0.4, -0.2) is 46.2 Å². The molecule has 0 aromatic carbocycles. The number of halogens is 1. The van der Waals surface area contributed by atoms with E-state index in [1.165, 1.54) is 28.9 Å². The van der Waals surface area contributed by atoms with Crippen LogP contribution < -0.4 is 26.5 Å². The summed E-state index contributed by atoms with van der Waals surface area (Å²) in [5.74, 6) is 0.264. The van der Waals surface area contributed by atoms with Crippen LogP contribution in [0.4, 0.5) is 0 Å². The molecule has 29 heavy (non-hydrogen) atoms. The molecule has 6 nitrogen and oxygen atoms in total. The van der Waals surface area contributed by atoms with E-state index in [9.17, 15) is 9.36 Å². The van der Waals surface area contributed by atoms with Gasteiger partial charge >= 0.3 is 193 Å². The number of amides is 1. The van der Waals surface area contributed by atoms with Gasteiger partial charge in [-0.1, -0.05) is 0 Å². The van der Waals surface area contributed by atoms with E-state index in [0.717, 1.165) is 23.7 Å². The number of hydrogen-bond donors (Lipinski definition) is 1. The van der Waals surface area contributed by atoms with E-state index in [4.69, 9.17) is 9.05 Å². The van der Waals surface area contributed by atoms with Crippen LogP contribution in [-0.2, 0) is 18.4 Å². The van der Waals surface area contributed by atoms with Gasteiger partial charge in [-0.2, -0.15) is 0 Å². The molecular weight excluding hydrogens is 522 g/mol. The van der Waals surface area contributed by atoms with Gasteiger partial charge in [0.15, 0.2) is 0 Å². The Morgan fingerprint density at radius 2 is 2.00 bits per heavy atom. The van der Waals surface area contributed by atoms with Crippen LogP contribution in [0.25, 0.3) is 0 Å². The van der Waals surface area contributed by atoms with Gasteiger partial charge in [0.05, 0.1) is 0 Å². The molecule has 0 bridgehead atoms. The summed E-state index contributed by atoms with van der Waals surface area (Å²) in [6.07, 6.45) is 6.87. The number of amidine groups is 1. The third kappa shape index (κ3) is 13.2. The molecule has 0 aliphatic carbocycles. The monoisotopic (exact) mass is 561 g/mol. The van der Waals surface area contributed by atoms with E-state index in [2.05, 4.69) is 44.1 Å². The van der Waals surface area contributed by atoms with Crippen LogP contribution >= 0.6 is 19.4 Å². The van der Waals surface area contributed by atoms with Crippen molar-refractivity contribution in [2.75, 3.05) is 35.1 Å². The first-order chi connectivity index (χ1) is 13.7. The van der Waals surface area contributed by atoms with Crippen LogP contribution in [0.15, 0.2) is 16.6 Å². The summed E-state index contributed by atoms with van der Waals surface area (Å²) >= 11 is 1.50. The third-order valence-corrected chi connectivity index (χ3v) is 9.13. The Balaban J connectivity index is 5.15. The molecule has 0 aliphatic heterocycles. The summed E-state index contributed by atoms with van der Waals surface area (Å²) in [5.41, 5.74) is 1.31. The summed E-state index contributed by atoms with van der Waals surface area (Å²) in [6.45, 7) is 10.6. The van der Waals surface area contributed by atoms with Gasteiger partial charge < -0.3 is 0 Å². The third-order valence-electron chi connectivity index (χ3n) is 4.36. The number of carbonyl (C=O) groups is 1. The van der Waals surface area contributed by atoms with Crippen molar-refractivity contribution in [3.63, 3.8) is 0 Å². The molecule has 0 aliphatic rings. The van der Waals surface area contributed by atoms with Gasteiger partial charge in [0, 0.05) is 0 Å². The molecule has 0 aromatic heterocycles. The predicted octanol–water partition coefficient (Wildman–Crippen LogP) is 2.15. The molecule has 0 rings (SSSR count). The van der Waals surface area contributed by atoms with Crippen molar-refractivity contribution in [3.05, 3.63) is 11.6 Å². The first kappa shape index (κ1) is 29.1. The fraction of sp³-hybridized carbons (Fsp3) is 0.800. The number of hydrogen-bond acceptors (Lipinski definition) is 6. The van der Waals surface area contributed by atoms with Crippen LogP contribution in [0, 0.1) is 11.8 Å². The fourth-order valence-corrected chi connectivity index (χ4v) is 6.07. The minimum absolute atomic E-state index is 0.00608. The van der Waals surface area contributed by atoms with Crippen LogP contribution in [0.1, 0.15) is 53.9 Å². The van der Waals surface area contributed by atoms with Gasteiger partial charge in [0.1, 0.15) is 0 Å². The summed E-state index contributed by atoms with van der Waals surface area (Å²) in [5, 5.41) is 3.41. The Kier molecular flexibility index (Phi) is 16.8. The fourth-order valence-electron chi connectivity index (χ4n) is 2.69. The Bertz CT molecular complexity index is 583. The molecule has 1 unspecified atom stereocenters. The van der Waals surface area contributed by atoms with Crippen molar-refractivity contribution in [1.29, 1.82) is 0 Å². The molecule has 0 saturated carbocycles. The standard InChI is InChI=1S/C20H39IN2O4PS/c1-8-21-14-13-18(17(5)12-10-11-16(3)4)19(24)23-20(29-7)22-15-28(25,26-6)27-9-2/h11,17-18H,8-10,12-15H2,1-7H3,(H,22,23,24)/q-1/t17-,18-,28?/m0/s1. The van der Waals surface area contributed by atoms with Crippen LogP contribution in [0.5, 0.6) is 0 Å². The molecule has 0 fully saturated rings. The average molecular weight is 561 g/mol. The Hall–Kier alpha value is 0.110. The second kappa shape index (κ2) is 16.8. The zero-order valence-corrected chi connectivity index (χ0v) is 22.9. The number of allylic oxidation sites excluding steroid dienone is 2. The molecule has 9 heteroatoms. The Labute approximate surface area is 192 Å². The van der Waals surface area contributed by atoms with Gasteiger partial charge in [-0.05, 0) is 0 Å².